The first-order chi connectivity index (χ1) is 14.6. The predicted molar refractivity (Wildman–Crippen MR) is 132 cm³/mol. The van der Waals surface area contributed by atoms with E-state index in [0.717, 1.165) is 22.2 Å². The van der Waals surface area contributed by atoms with E-state index in [-0.39, 0.29) is 5.97 Å². The smallest absolute Gasteiger partial charge is 0.355 e. The van der Waals surface area contributed by atoms with Crippen molar-refractivity contribution in [3.63, 3.8) is 0 Å². The number of hydrogen-bond donors (Lipinski definition) is 0. The minimum absolute atomic E-state index is 0.367. The summed E-state index contributed by atoms with van der Waals surface area (Å²) in [6, 6.07) is 10.0. The molecule has 0 saturated heterocycles. The average molecular weight is 463 g/mol. The Labute approximate surface area is 193 Å². The number of unbranched alkanes of at least 4 members (excludes halogenated alkanes) is 6. The second-order valence-corrected chi connectivity index (χ2v) is 10.4. The van der Waals surface area contributed by atoms with Crippen LogP contribution < -0.4 is 4.74 Å². The molecule has 1 aromatic carbocycles. The Morgan fingerprint density at radius 1 is 0.900 bits per heavy atom. The van der Waals surface area contributed by atoms with Crippen molar-refractivity contribution >= 4 is 49.6 Å². The van der Waals surface area contributed by atoms with Gasteiger partial charge in [-0.15, -0.1) is 22.7 Å². The predicted octanol–water partition coefficient (Wildman–Crippen LogP) is 9.08. The maximum absolute atomic E-state index is 12.7. The van der Waals surface area contributed by atoms with Gasteiger partial charge in [0.25, 0.3) is 0 Å². The van der Waals surface area contributed by atoms with Crippen molar-refractivity contribution in [3.8, 4) is 5.75 Å². The van der Waals surface area contributed by atoms with Crippen LogP contribution in [0.15, 0.2) is 30.3 Å². The van der Waals surface area contributed by atoms with Gasteiger partial charge in [0.15, 0.2) is 0 Å². The number of ether oxygens (including phenoxy) is 1. The summed E-state index contributed by atoms with van der Waals surface area (Å²) >= 11 is 9.70. The minimum atomic E-state index is -0.367. The normalized spacial score (nSPS) is 11.3. The molecule has 0 amide bonds. The number of aryl methyl sites for hydroxylation is 2. The second-order valence-electron chi connectivity index (χ2n) is 7.81. The van der Waals surface area contributed by atoms with Crippen molar-refractivity contribution in [1.82, 2.24) is 0 Å². The van der Waals surface area contributed by atoms with Crippen LogP contribution in [0.3, 0.4) is 0 Å². The van der Waals surface area contributed by atoms with E-state index in [1.165, 1.54) is 73.1 Å². The number of rotatable bonds is 12. The van der Waals surface area contributed by atoms with Crippen LogP contribution in [0, 0.1) is 0 Å². The molecule has 0 saturated carbocycles. The standard InChI is InChI=1S/C25H31ClO2S2/c1-3-5-7-8-10-12-20-17-21-23(29-20)22(26)24(30-21)25(27)28-19-15-13-18(14-16-19)11-9-6-4-2/h13-17H,3-12H2,1-2H3. The maximum Gasteiger partial charge on any atom is 0.355 e. The van der Waals surface area contributed by atoms with E-state index >= 15 is 0 Å². The Bertz CT molecular complexity index is 940. The third-order valence-corrected chi connectivity index (χ3v) is 8.34. The van der Waals surface area contributed by atoms with Crippen molar-refractivity contribution in [3.05, 3.63) is 50.7 Å². The largest absolute Gasteiger partial charge is 0.422 e. The highest BCUT2D eigenvalue weighted by Gasteiger charge is 2.21. The lowest BCUT2D eigenvalue weighted by atomic mass is 10.1. The number of fused-ring (bicyclic) bond motifs is 1. The quantitative estimate of drug-likeness (QED) is 0.152. The van der Waals surface area contributed by atoms with Gasteiger partial charge in [0.2, 0.25) is 0 Å². The first kappa shape index (κ1) is 23.3. The van der Waals surface area contributed by atoms with Crippen LogP contribution in [0.2, 0.25) is 5.02 Å². The van der Waals surface area contributed by atoms with Crippen LogP contribution in [-0.2, 0) is 12.8 Å². The van der Waals surface area contributed by atoms with E-state index in [2.05, 4.69) is 19.9 Å². The Morgan fingerprint density at radius 3 is 2.27 bits per heavy atom. The SMILES string of the molecule is CCCCCCCc1cc2sc(C(=O)Oc3ccc(CCCCC)cc3)c(Cl)c2s1. The summed E-state index contributed by atoms with van der Waals surface area (Å²) < 4.78 is 7.69. The molecule has 2 nitrogen and oxygen atoms in total. The molecule has 2 aromatic heterocycles. The van der Waals surface area contributed by atoms with Gasteiger partial charge in [0.1, 0.15) is 10.6 Å². The molecule has 162 valence electrons. The fraction of sp³-hybridized carbons (Fsp3) is 0.480. The maximum atomic E-state index is 12.7. The third-order valence-electron chi connectivity index (χ3n) is 5.27. The van der Waals surface area contributed by atoms with Crippen LogP contribution >= 0.6 is 34.3 Å². The summed E-state index contributed by atoms with van der Waals surface area (Å²) in [5, 5.41) is 0.540. The molecule has 2 heterocycles. The van der Waals surface area contributed by atoms with E-state index in [1.54, 1.807) is 11.3 Å². The summed E-state index contributed by atoms with van der Waals surface area (Å²) in [7, 11) is 0. The first-order valence-corrected chi connectivity index (χ1v) is 13.1. The van der Waals surface area contributed by atoms with Crippen molar-refractivity contribution in [2.24, 2.45) is 0 Å². The molecule has 0 N–H and O–H groups in total. The van der Waals surface area contributed by atoms with Gasteiger partial charge < -0.3 is 4.74 Å². The zero-order valence-corrected chi connectivity index (χ0v) is 20.4. The fourth-order valence-electron chi connectivity index (χ4n) is 3.52. The van der Waals surface area contributed by atoms with Gasteiger partial charge >= 0.3 is 5.97 Å². The molecular formula is C25H31ClO2S2. The Kier molecular flexibility index (Phi) is 9.23. The van der Waals surface area contributed by atoms with Gasteiger partial charge in [0, 0.05) is 9.58 Å². The van der Waals surface area contributed by atoms with Gasteiger partial charge in [-0.05, 0) is 49.4 Å². The molecule has 0 aliphatic heterocycles. The molecule has 0 bridgehead atoms. The molecule has 0 unspecified atom stereocenters. The third kappa shape index (κ3) is 6.32. The monoisotopic (exact) mass is 462 g/mol. The summed E-state index contributed by atoms with van der Waals surface area (Å²) in [6.45, 7) is 4.44. The highest BCUT2D eigenvalue weighted by molar-refractivity contribution is 7.29. The molecule has 0 spiro atoms. The molecule has 30 heavy (non-hydrogen) atoms. The van der Waals surface area contributed by atoms with Gasteiger partial charge in [-0.3, -0.25) is 0 Å². The van der Waals surface area contributed by atoms with Crippen LogP contribution in [0.5, 0.6) is 5.75 Å². The summed E-state index contributed by atoms with van der Waals surface area (Å²) in [5.41, 5.74) is 1.28. The second kappa shape index (κ2) is 11.9. The number of carbonyl (C=O) groups excluding carboxylic acids is 1. The highest BCUT2D eigenvalue weighted by atomic mass is 35.5. The number of carbonyl (C=O) groups is 1. The lowest BCUT2D eigenvalue weighted by Gasteiger charge is -2.05. The lowest BCUT2D eigenvalue weighted by molar-refractivity contribution is 0.0740. The van der Waals surface area contributed by atoms with Gasteiger partial charge in [-0.25, -0.2) is 4.79 Å². The summed E-state index contributed by atoms with van der Waals surface area (Å²) in [6.07, 6.45) is 12.2. The zero-order valence-electron chi connectivity index (χ0n) is 18.0. The fourth-order valence-corrected chi connectivity index (χ4v) is 6.35. The molecule has 0 aliphatic rings. The van der Waals surface area contributed by atoms with Crippen molar-refractivity contribution < 1.29 is 9.53 Å². The molecule has 0 radical (unpaired) electrons. The number of thiophene rings is 2. The molecular weight excluding hydrogens is 432 g/mol. The summed E-state index contributed by atoms with van der Waals surface area (Å²) in [4.78, 5) is 14.5. The molecule has 3 aromatic rings. The van der Waals surface area contributed by atoms with Gasteiger partial charge in [-0.1, -0.05) is 76.1 Å². The lowest BCUT2D eigenvalue weighted by Crippen LogP contribution is -2.07. The molecule has 5 heteroatoms. The first-order valence-electron chi connectivity index (χ1n) is 11.1. The Hall–Kier alpha value is -1.36. The topological polar surface area (TPSA) is 26.3 Å². The Morgan fingerprint density at radius 2 is 1.57 bits per heavy atom. The van der Waals surface area contributed by atoms with Gasteiger partial charge in [0.05, 0.1) is 9.72 Å². The van der Waals surface area contributed by atoms with Crippen molar-refractivity contribution in [1.29, 1.82) is 0 Å². The molecule has 0 fully saturated rings. The van der Waals surface area contributed by atoms with E-state index in [9.17, 15) is 4.79 Å². The van der Waals surface area contributed by atoms with Gasteiger partial charge in [-0.2, -0.15) is 0 Å². The van der Waals surface area contributed by atoms with Crippen LogP contribution in [0.1, 0.15) is 85.3 Å². The number of benzene rings is 1. The number of halogens is 1. The number of esters is 1. The van der Waals surface area contributed by atoms with Crippen molar-refractivity contribution in [2.75, 3.05) is 0 Å². The molecule has 3 rings (SSSR count). The average Bonchev–Trinajstić information content (AvgIpc) is 3.28. The van der Waals surface area contributed by atoms with Crippen LogP contribution in [0.25, 0.3) is 9.40 Å². The van der Waals surface area contributed by atoms with Crippen LogP contribution in [0.4, 0.5) is 0 Å². The van der Waals surface area contributed by atoms with Crippen molar-refractivity contribution in [2.45, 2.75) is 78.1 Å². The van der Waals surface area contributed by atoms with E-state index in [4.69, 9.17) is 16.3 Å². The zero-order chi connectivity index (χ0) is 21.3. The van der Waals surface area contributed by atoms with E-state index in [1.807, 2.05) is 24.3 Å². The van der Waals surface area contributed by atoms with E-state index < -0.39 is 0 Å². The van der Waals surface area contributed by atoms with Crippen LogP contribution in [-0.4, -0.2) is 5.97 Å². The Balaban J connectivity index is 1.58. The highest BCUT2D eigenvalue weighted by Crippen LogP contribution is 2.41. The van der Waals surface area contributed by atoms with E-state index in [0.29, 0.717) is 15.6 Å². The molecule has 0 atom stereocenters. The summed E-state index contributed by atoms with van der Waals surface area (Å²) in [5.74, 6) is 0.202. The number of hydrogen-bond acceptors (Lipinski definition) is 4. The minimum Gasteiger partial charge on any atom is -0.422 e. The molecule has 0 aliphatic carbocycles.